The first-order chi connectivity index (χ1) is 10.2. The molecule has 2 aromatic rings. The Morgan fingerprint density at radius 3 is 2.48 bits per heavy atom. The van der Waals surface area contributed by atoms with Crippen molar-refractivity contribution in [2.45, 2.75) is 31.6 Å². The molecule has 1 aliphatic carbocycles. The fourth-order valence-electron chi connectivity index (χ4n) is 3.29. The van der Waals surface area contributed by atoms with Gasteiger partial charge < -0.3 is 4.74 Å². The summed E-state index contributed by atoms with van der Waals surface area (Å²) in [7, 11) is 0. The minimum Gasteiger partial charge on any atom is -0.461 e. The second kappa shape index (κ2) is 4.64. The third kappa shape index (κ3) is 2.16. The molecule has 2 aliphatic rings. The third-order valence-corrected chi connectivity index (χ3v) is 4.74. The van der Waals surface area contributed by atoms with Crippen LogP contribution in [0, 0.1) is 0 Å². The lowest BCUT2D eigenvalue weighted by Crippen LogP contribution is -2.25. The maximum atomic E-state index is 6.20. The summed E-state index contributed by atoms with van der Waals surface area (Å²) in [5.41, 5.74) is 4.01. The Bertz CT molecular complexity index is 723. The van der Waals surface area contributed by atoms with E-state index in [0.717, 1.165) is 17.2 Å². The molecule has 21 heavy (non-hydrogen) atoms. The molecule has 0 spiro atoms. The number of hydrogen-bond donors (Lipinski definition) is 0. The molecular weight excluding hydrogens is 280 g/mol. The number of para-hydroxylation sites is 1. The Hall–Kier alpha value is -1.73. The molecule has 1 saturated carbocycles. The Balaban J connectivity index is 1.79. The van der Waals surface area contributed by atoms with Gasteiger partial charge in [0.2, 0.25) is 0 Å². The standard InChI is InChI=1S/C19H17ClO/c1-19(12-13-6-10-15(20)11-7-13)16-4-2-3-5-17(16)21-18(19)14-8-9-14/h2-7,10-11H,8-9,12H2,1H3. The summed E-state index contributed by atoms with van der Waals surface area (Å²) < 4.78 is 6.20. The van der Waals surface area contributed by atoms with Crippen molar-refractivity contribution in [1.29, 1.82) is 0 Å². The largest absolute Gasteiger partial charge is 0.461 e. The molecule has 1 heterocycles. The fourth-order valence-corrected chi connectivity index (χ4v) is 3.42. The van der Waals surface area contributed by atoms with Gasteiger partial charge in [0.25, 0.3) is 0 Å². The number of allylic oxidation sites excluding steroid dienone is 2. The summed E-state index contributed by atoms with van der Waals surface area (Å²) in [6, 6.07) is 16.6. The summed E-state index contributed by atoms with van der Waals surface area (Å²) in [6.45, 7) is 2.30. The van der Waals surface area contributed by atoms with Gasteiger partial charge in [0.05, 0.1) is 5.41 Å². The molecule has 1 unspecified atom stereocenters. The van der Waals surface area contributed by atoms with E-state index in [2.05, 4.69) is 37.3 Å². The molecule has 1 atom stereocenters. The van der Waals surface area contributed by atoms with Crippen LogP contribution in [0.15, 0.2) is 59.9 Å². The second-order valence-corrected chi connectivity index (χ2v) is 6.60. The van der Waals surface area contributed by atoms with Crippen LogP contribution in [-0.2, 0) is 11.8 Å². The van der Waals surface area contributed by atoms with Crippen LogP contribution < -0.4 is 4.74 Å². The normalized spacial score (nSPS) is 23.0. The predicted octanol–water partition coefficient (Wildman–Crippen LogP) is 5.28. The molecule has 0 N–H and O–H groups in total. The molecule has 1 aliphatic heterocycles. The van der Waals surface area contributed by atoms with E-state index < -0.39 is 0 Å². The van der Waals surface area contributed by atoms with Crippen LogP contribution in [0.4, 0.5) is 0 Å². The van der Waals surface area contributed by atoms with Gasteiger partial charge in [-0.3, -0.25) is 0 Å². The zero-order valence-corrected chi connectivity index (χ0v) is 12.8. The zero-order valence-electron chi connectivity index (χ0n) is 12.0. The molecule has 2 heteroatoms. The zero-order chi connectivity index (χ0) is 14.4. The van der Waals surface area contributed by atoms with E-state index in [4.69, 9.17) is 16.3 Å². The van der Waals surface area contributed by atoms with E-state index in [9.17, 15) is 0 Å². The Morgan fingerprint density at radius 1 is 1.05 bits per heavy atom. The molecule has 1 nitrogen and oxygen atoms in total. The van der Waals surface area contributed by atoms with Crippen molar-refractivity contribution in [3.05, 3.63) is 76.0 Å². The molecule has 0 bridgehead atoms. The third-order valence-electron chi connectivity index (χ3n) is 4.49. The number of hydrogen-bond acceptors (Lipinski definition) is 1. The Morgan fingerprint density at radius 2 is 1.76 bits per heavy atom. The minimum absolute atomic E-state index is 0.0593. The lowest BCUT2D eigenvalue weighted by Gasteiger charge is -2.25. The summed E-state index contributed by atoms with van der Waals surface area (Å²) in [5.74, 6) is 2.20. The smallest absolute Gasteiger partial charge is 0.131 e. The van der Waals surface area contributed by atoms with Crippen molar-refractivity contribution in [3.8, 4) is 5.75 Å². The molecule has 0 aromatic heterocycles. The van der Waals surface area contributed by atoms with Crippen molar-refractivity contribution in [2.24, 2.45) is 0 Å². The second-order valence-electron chi connectivity index (χ2n) is 6.17. The van der Waals surface area contributed by atoms with Crippen molar-refractivity contribution in [2.75, 3.05) is 0 Å². The highest BCUT2D eigenvalue weighted by molar-refractivity contribution is 6.30. The van der Waals surface area contributed by atoms with Crippen LogP contribution in [0.5, 0.6) is 5.75 Å². The van der Waals surface area contributed by atoms with Crippen molar-refractivity contribution in [3.63, 3.8) is 0 Å². The maximum Gasteiger partial charge on any atom is 0.131 e. The molecule has 0 saturated heterocycles. The van der Waals surface area contributed by atoms with E-state index in [1.54, 1.807) is 0 Å². The van der Waals surface area contributed by atoms with Gasteiger partial charge in [-0.1, -0.05) is 41.9 Å². The van der Waals surface area contributed by atoms with Gasteiger partial charge in [-0.05, 0) is 55.5 Å². The van der Waals surface area contributed by atoms with Crippen LogP contribution in [0.2, 0.25) is 5.02 Å². The lowest BCUT2D eigenvalue weighted by atomic mass is 9.76. The summed E-state index contributed by atoms with van der Waals surface area (Å²) in [6.07, 6.45) is 3.30. The number of halogens is 1. The summed E-state index contributed by atoms with van der Waals surface area (Å²) >= 11 is 6.00. The molecule has 0 amide bonds. The minimum atomic E-state index is -0.0593. The van der Waals surface area contributed by atoms with Crippen LogP contribution in [0.25, 0.3) is 0 Å². The first-order valence-corrected chi connectivity index (χ1v) is 7.79. The van der Waals surface area contributed by atoms with Crippen molar-refractivity contribution in [1.82, 2.24) is 0 Å². The molecule has 2 aromatic carbocycles. The van der Waals surface area contributed by atoms with Gasteiger partial charge in [-0.2, -0.15) is 0 Å². The highest BCUT2D eigenvalue weighted by Gasteiger charge is 2.44. The highest BCUT2D eigenvalue weighted by Crippen LogP contribution is 2.52. The number of rotatable bonds is 2. The van der Waals surface area contributed by atoms with E-state index >= 15 is 0 Å². The lowest BCUT2D eigenvalue weighted by molar-refractivity contribution is 0.374. The van der Waals surface area contributed by atoms with E-state index in [1.165, 1.54) is 35.3 Å². The molecule has 4 rings (SSSR count). The molecule has 1 fully saturated rings. The average Bonchev–Trinajstić information content (AvgIpc) is 3.28. The first-order valence-electron chi connectivity index (χ1n) is 7.41. The van der Waals surface area contributed by atoms with Gasteiger partial charge >= 0.3 is 0 Å². The monoisotopic (exact) mass is 296 g/mol. The fraction of sp³-hybridized carbons (Fsp3) is 0.263. The molecular formula is C19H17ClO. The highest BCUT2D eigenvalue weighted by atomic mass is 35.5. The van der Waals surface area contributed by atoms with Crippen molar-refractivity contribution < 1.29 is 4.74 Å². The summed E-state index contributed by atoms with van der Waals surface area (Å²) in [5, 5.41) is 0.785. The van der Waals surface area contributed by atoms with Gasteiger partial charge in [0, 0.05) is 10.6 Å². The van der Waals surface area contributed by atoms with Crippen LogP contribution in [0.1, 0.15) is 30.9 Å². The van der Waals surface area contributed by atoms with Crippen LogP contribution >= 0.6 is 11.6 Å². The number of fused-ring (bicyclic) bond motifs is 1. The SMILES string of the molecule is CC1(Cc2ccc(Cl)cc2)C(=C2CC2)Oc2ccccc21. The Kier molecular flexibility index (Phi) is 2.87. The topological polar surface area (TPSA) is 9.23 Å². The summed E-state index contributed by atoms with van der Waals surface area (Å²) in [4.78, 5) is 0. The molecule has 0 radical (unpaired) electrons. The van der Waals surface area contributed by atoms with Gasteiger partial charge in [0.15, 0.2) is 0 Å². The van der Waals surface area contributed by atoms with Crippen molar-refractivity contribution >= 4 is 11.6 Å². The Labute approximate surface area is 130 Å². The number of ether oxygens (including phenoxy) is 1. The molecule has 106 valence electrons. The van der Waals surface area contributed by atoms with E-state index in [0.29, 0.717) is 0 Å². The average molecular weight is 297 g/mol. The van der Waals surface area contributed by atoms with Gasteiger partial charge in [0.1, 0.15) is 11.5 Å². The van der Waals surface area contributed by atoms with E-state index in [1.807, 2.05) is 18.2 Å². The van der Waals surface area contributed by atoms with Crippen LogP contribution in [0.3, 0.4) is 0 Å². The quantitative estimate of drug-likeness (QED) is 0.732. The maximum absolute atomic E-state index is 6.20. The predicted molar refractivity (Wildman–Crippen MR) is 85.8 cm³/mol. The van der Waals surface area contributed by atoms with Gasteiger partial charge in [-0.15, -0.1) is 0 Å². The van der Waals surface area contributed by atoms with Crippen LogP contribution in [-0.4, -0.2) is 0 Å². The van der Waals surface area contributed by atoms with Gasteiger partial charge in [-0.25, -0.2) is 0 Å². The number of benzene rings is 2. The van der Waals surface area contributed by atoms with E-state index in [-0.39, 0.29) is 5.41 Å². The first kappa shape index (κ1) is 13.0.